The predicted octanol–water partition coefficient (Wildman–Crippen LogP) is 2.44. The van der Waals surface area contributed by atoms with Gasteiger partial charge in [-0.15, -0.1) is 0 Å². The highest BCUT2D eigenvalue weighted by Gasteiger charge is 2.23. The van der Waals surface area contributed by atoms with E-state index < -0.39 is 11.5 Å². The van der Waals surface area contributed by atoms with E-state index in [2.05, 4.69) is 5.32 Å². The number of benzene rings is 1. The first-order chi connectivity index (χ1) is 9.69. The van der Waals surface area contributed by atoms with Gasteiger partial charge < -0.3 is 15.2 Å². The first-order valence-corrected chi connectivity index (χ1v) is 6.92. The maximum atomic E-state index is 11.8. The molecule has 0 aliphatic rings. The Labute approximate surface area is 125 Å². The second-order valence-corrected chi connectivity index (χ2v) is 5.87. The van der Waals surface area contributed by atoms with Gasteiger partial charge in [0.2, 0.25) is 5.91 Å². The van der Waals surface area contributed by atoms with Crippen molar-refractivity contribution in [3.8, 4) is 5.75 Å². The van der Waals surface area contributed by atoms with Gasteiger partial charge in [0.15, 0.2) is 0 Å². The zero-order valence-electron chi connectivity index (χ0n) is 13.0. The van der Waals surface area contributed by atoms with Crippen molar-refractivity contribution in [2.45, 2.75) is 46.1 Å². The lowest BCUT2D eigenvalue weighted by atomic mass is 10.0. The van der Waals surface area contributed by atoms with Crippen LogP contribution in [0.5, 0.6) is 5.75 Å². The molecule has 2 N–H and O–H groups in total. The molecule has 0 heterocycles. The van der Waals surface area contributed by atoms with Crippen LogP contribution in [0.1, 0.15) is 37.8 Å². The molecule has 0 aliphatic heterocycles. The smallest absolute Gasteiger partial charge is 0.305 e. The molecule has 0 saturated carbocycles. The molecular formula is C16H23NO4. The molecule has 0 aromatic heterocycles. The van der Waals surface area contributed by atoms with Crippen LogP contribution < -0.4 is 10.1 Å². The number of aryl methyl sites for hydroxylation is 2. The standard InChI is InChI=1S/C16H23NO4/c1-11-5-6-13(12(2)9-11)21-8-7-14(18)17-16(3,4)10-15(19)20/h5-6,9H,7-8,10H2,1-4H3,(H,17,18)(H,19,20). The van der Waals surface area contributed by atoms with Gasteiger partial charge in [-0.3, -0.25) is 9.59 Å². The molecular weight excluding hydrogens is 270 g/mol. The van der Waals surface area contributed by atoms with Crippen molar-refractivity contribution < 1.29 is 19.4 Å². The Bertz CT molecular complexity index is 523. The van der Waals surface area contributed by atoms with E-state index >= 15 is 0 Å². The zero-order chi connectivity index (χ0) is 16.0. The van der Waals surface area contributed by atoms with E-state index in [4.69, 9.17) is 9.84 Å². The summed E-state index contributed by atoms with van der Waals surface area (Å²) in [6.45, 7) is 7.60. The molecule has 0 bridgehead atoms. The zero-order valence-corrected chi connectivity index (χ0v) is 13.0. The van der Waals surface area contributed by atoms with E-state index in [1.165, 1.54) is 0 Å². The molecule has 1 rings (SSSR count). The van der Waals surface area contributed by atoms with Crippen LogP contribution in [-0.4, -0.2) is 29.1 Å². The van der Waals surface area contributed by atoms with E-state index in [0.717, 1.165) is 16.9 Å². The highest BCUT2D eigenvalue weighted by Crippen LogP contribution is 2.18. The topological polar surface area (TPSA) is 75.6 Å². The Balaban J connectivity index is 2.41. The quantitative estimate of drug-likeness (QED) is 0.809. The van der Waals surface area contributed by atoms with E-state index in [-0.39, 0.29) is 25.4 Å². The van der Waals surface area contributed by atoms with Crippen molar-refractivity contribution >= 4 is 11.9 Å². The lowest BCUT2D eigenvalue weighted by Gasteiger charge is -2.24. The highest BCUT2D eigenvalue weighted by molar-refractivity contribution is 5.78. The van der Waals surface area contributed by atoms with Gasteiger partial charge in [0, 0.05) is 5.54 Å². The van der Waals surface area contributed by atoms with E-state index in [1.807, 2.05) is 32.0 Å². The SMILES string of the molecule is Cc1ccc(OCCC(=O)NC(C)(C)CC(=O)O)c(C)c1. The molecule has 1 aromatic rings. The molecule has 0 radical (unpaired) electrons. The van der Waals surface area contributed by atoms with Gasteiger partial charge in [0.05, 0.1) is 19.4 Å². The number of rotatable bonds is 7. The number of hydrogen-bond donors (Lipinski definition) is 2. The van der Waals surface area contributed by atoms with Gasteiger partial charge in [-0.2, -0.15) is 0 Å². The lowest BCUT2D eigenvalue weighted by molar-refractivity contribution is -0.138. The van der Waals surface area contributed by atoms with Crippen molar-refractivity contribution in [3.63, 3.8) is 0 Å². The van der Waals surface area contributed by atoms with Gasteiger partial charge in [-0.1, -0.05) is 17.7 Å². The van der Waals surface area contributed by atoms with E-state index in [1.54, 1.807) is 13.8 Å². The summed E-state index contributed by atoms with van der Waals surface area (Å²) in [7, 11) is 0. The molecule has 0 saturated heterocycles. The minimum atomic E-state index is -0.938. The minimum absolute atomic E-state index is 0.114. The number of carboxylic acid groups (broad SMARTS) is 1. The van der Waals surface area contributed by atoms with Crippen molar-refractivity contribution in [1.29, 1.82) is 0 Å². The number of carbonyl (C=O) groups is 2. The molecule has 0 aliphatic carbocycles. The van der Waals surface area contributed by atoms with Crippen LogP contribution in [0.25, 0.3) is 0 Å². The molecule has 1 amide bonds. The molecule has 0 unspecified atom stereocenters. The summed E-state index contributed by atoms with van der Waals surface area (Å²) in [6.07, 6.45) is 0.0764. The number of amides is 1. The van der Waals surface area contributed by atoms with Crippen molar-refractivity contribution in [2.75, 3.05) is 6.61 Å². The Morgan fingerprint density at radius 2 is 1.95 bits per heavy atom. The Morgan fingerprint density at radius 1 is 1.29 bits per heavy atom. The van der Waals surface area contributed by atoms with Crippen LogP contribution in [0.15, 0.2) is 18.2 Å². The average Bonchev–Trinajstić information content (AvgIpc) is 2.29. The summed E-state index contributed by atoms with van der Waals surface area (Å²) in [4.78, 5) is 22.5. The second kappa shape index (κ2) is 7.11. The molecule has 0 atom stereocenters. The van der Waals surface area contributed by atoms with E-state index in [9.17, 15) is 9.59 Å². The molecule has 21 heavy (non-hydrogen) atoms. The summed E-state index contributed by atoms with van der Waals surface area (Å²) >= 11 is 0. The fraction of sp³-hybridized carbons (Fsp3) is 0.500. The number of carbonyl (C=O) groups excluding carboxylic acids is 1. The molecule has 0 spiro atoms. The molecule has 0 fully saturated rings. The molecule has 5 heteroatoms. The van der Waals surface area contributed by atoms with Crippen LogP contribution in [-0.2, 0) is 9.59 Å². The number of nitrogens with one attached hydrogen (secondary N) is 1. The maximum absolute atomic E-state index is 11.8. The highest BCUT2D eigenvalue weighted by atomic mass is 16.5. The third-order valence-electron chi connectivity index (χ3n) is 2.99. The fourth-order valence-electron chi connectivity index (χ4n) is 2.08. The van der Waals surface area contributed by atoms with Gasteiger partial charge in [-0.05, 0) is 39.3 Å². The molecule has 5 nitrogen and oxygen atoms in total. The van der Waals surface area contributed by atoms with Crippen LogP contribution in [0.2, 0.25) is 0 Å². The Kier molecular flexibility index (Phi) is 5.76. The first-order valence-electron chi connectivity index (χ1n) is 6.92. The van der Waals surface area contributed by atoms with Crippen LogP contribution in [0.4, 0.5) is 0 Å². The van der Waals surface area contributed by atoms with Crippen molar-refractivity contribution in [3.05, 3.63) is 29.3 Å². The monoisotopic (exact) mass is 293 g/mol. The van der Waals surface area contributed by atoms with Gasteiger partial charge >= 0.3 is 5.97 Å². The number of carboxylic acids is 1. The Morgan fingerprint density at radius 3 is 2.52 bits per heavy atom. The van der Waals surface area contributed by atoms with Gasteiger partial charge in [0.25, 0.3) is 0 Å². The van der Waals surface area contributed by atoms with Gasteiger partial charge in [0.1, 0.15) is 5.75 Å². The van der Waals surface area contributed by atoms with Gasteiger partial charge in [-0.25, -0.2) is 0 Å². The van der Waals surface area contributed by atoms with E-state index in [0.29, 0.717) is 0 Å². The number of ether oxygens (including phenoxy) is 1. The summed E-state index contributed by atoms with van der Waals surface area (Å²) < 4.78 is 5.58. The molecule has 116 valence electrons. The molecule has 1 aromatic carbocycles. The lowest BCUT2D eigenvalue weighted by Crippen LogP contribution is -2.45. The Hall–Kier alpha value is -2.04. The largest absolute Gasteiger partial charge is 0.493 e. The van der Waals surface area contributed by atoms with Crippen molar-refractivity contribution in [1.82, 2.24) is 5.32 Å². The third-order valence-corrected chi connectivity index (χ3v) is 2.99. The van der Waals surface area contributed by atoms with Crippen LogP contribution >= 0.6 is 0 Å². The third kappa shape index (κ3) is 6.29. The fourth-order valence-corrected chi connectivity index (χ4v) is 2.08. The van der Waals surface area contributed by atoms with Crippen LogP contribution in [0.3, 0.4) is 0 Å². The van der Waals surface area contributed by atoms with Crippen LogP contribution in [0, 0.1) is 13.8 Å². The maximum Gasteiger partial charge on any atom is 0.305 e. The second-order valence-electron chi connectivity index (χ2n) is 5.87. The first kappa shape index (κ1) is 17.0. The predicted molar refractivity (Wildman–Crippen MR) is 80.5 cm³/mol. The summed E-state index contributed by atoms with van der Waals surface area (Å²) in [6, 6.07) is 5.86. The average molecular weight is 293 g/mol. The number of aliphatic carboxylic acids is 1. The summed E-state index contributed by atoms with van der Waals surface area (Å²) in [5, 5.41) is 11.5. The number of hydrogen-bond acceptors (Lipinski definition) is 3. The summed E-state index contributed by atoms with van der Waals surface area (Å²) in [5.74, 6) is -0.393. The van der Waals surface area contributed by atoms with Crippen molar-refractivity contribution in [2.24, 2.45) is 0 Å². The minimum Gasteiger partial charge on any atom is -0.493 e. The summed E-state index contributed by atoms with van der Waals surface area (Å²) in [5.41, 5.74) is 1.43. The normalized spacial score (nSPS) is 11.0.